The molecule has 168 valence electrons. The van der Waals surface area contributed by atoms with E-state index in [1.807, 2.05) is 13.0 Å². The number of nitrogens with one attached hydrogen (secondary N) is 1. The number of carbonyl (C=O) groups is 2. The van der Waals surface area contributed by atoms with E-state index in [9.17, 15) is 27.2 Å². The maximum Gasteiger partial charge on any atom is 0.223 e. The Bertz CT molecular complexity index is 870. The smallest absolute Gasteiger partial charge is 0.223 e. The molecule has 1 aromatic heterocycles. The molecule has 0 spiro atoms. The monoisotopic (exact) mass is 441 g/mol. The van der Waals surface area contributed by atoms with Crippen molar-refractivity contribution in [1.29, 1.82) is 0 Å². The zero-order chi connectivity index (χ0) is 23.0. The maximum atomic E-state index is 13.3. The van der Waals surface area contributed by atoms with Gasteiger partial charge < -0.3 is 15.8 Å². The summed E-state index contributed by atoms with van der Waals surface area (Å²) in [5.41, 5.74) is 6.45. The molecule has 31 heavy (non-hydrogen) atoms. The van der Waals surface area contributed by atoms with Crippen LogP contribution in [0.15, 0.2) is 24.4 Å². The maximum absolute atomic E-state index is 13.3. The first-order valence-electron chi connectivity index (χ1n) is 9.62. The molecule has 1 amide bonds. The van der Waals surface area contributed by atoms with Crippen LogP contribution in [-0.2, 0) is 9.59 Å². The summed E-state index contributed by atoms with van der Waals surface area (Å²) in [6, 6.07) is 3.76. The zero-order valence-corrected chi connectivity index (χ0v) is 16.9. The number of hydrogen-bond donors (Lipinski definition) is 2. The number of nitrogens with zero attached hydrogens (tertiary/aromatic N) is 1. The lowest BCUT2D eigenvalue weighted by atomic mass is 10.1. The average molecular weight is 441 g/mol. The second kappa shape index (κ2) is 11.3. The van der Waals surface area contributed by atoms with E-state index in [4.69, 9.17) is 5.73 Å². The van der Waals surface area contributed by atoms with Crippen LogP contribution in [0.25, 0.3) is 0 Å². The van der Waals surface area contributed by atoms with Crippen molar-refractivity contribution in [2.24, 2.45) is 5.92 Å². The van der Waals surface area contributed by atoms with Crippen LogP contribution in [0.2, 0.25) is 0 Å². The van der Waals surface area contributed by atoms with Crippen molar-refractivity contribution in [3.8, 4) is 5.75 Å². The van der Waals surface area contributed by atoms with Gasteiger partial charge in [0.2, 0.25) is 17.5 Å². The summed E-state index contributed by atoms with van der Waals surface area (Å²) in [6.07, 6.45) is 5.18. The minimum absolute atomic E-state index is 0.0428. The molecule has 0 radical (unpaired) electrons. The fourth-order valence-corrected chi connectivity index (χ4v) is 2.88. The predicted molar refractivity (Wildman–Crippen MR) is 105 cm³/mol. The van der Waals surface area contributed by atoms with E-state index in [1.54, 1.807) is 12.3 Å². The van der Waals surface area contributed by atoms with Crippen LogP contribution in [0.5, 0.6) is 5.75 Å². The number of rotatable bonds is 6. The number of Topliss-reactive ketones (excluding diaryl/α,β-unsaturated/α-hetero) is 1. The third-order valence-electron chi connectivity index (χ3n) is 4.57. The number of nitrogens with two attached hydrogens (primary N) is 1. The number of ketones is 1. The highest BCUT2D eigenvalue weighted by Crippen LogP contribution is 2.26. The summed E-state index contributed by atoms with van der Waals surface area (Å²) in [5, 5.41) is 2.41. The summed E-state index contributed by atoms with van der Waals surface area (Å²) in [4.78, 5) is 27.1. The highest BCUT2D eigenvalue weighted by Gasteiger charge is 2.24. The molecule has 1 fully saturated rings. The van der Waals surface area contributed by atoms with Crippen molar-refractivity contribution < 1.29 is 31.9 Å². The highest BCUT2D eigenvalue weighted by molar-refractivity contribution is 5.87. The number of aromatic nitrogens is 1. The molecular weight excluding hydrogens is 418 g/mol. The first-order valence-corrected chi connectivity index (χ1v) is 9.62. The molecule has 0 saturated heterocycles. The van der Waals surface area contributed by atoms with Gasteiger partial charge in [0.25, 0.3) is 0 Å². The molecule has 3 N–H and O–H groups in total. The third-order valence-corrected chi connectivity index (χ3v) is 4.57. The number of pyridine rings is 1. The van der Waals surface area contributed by atoms with Crippen LogP contribution in [0.1, 0.15) is 31.2 Å². The molecule has 0 unspecified atom stereocenters. The molecule has 0 bridgehead atoms. The van der Waals surface area contributed by atoms with E-state index < -0.39 is 41.4 Å². The number of halogens is 4. The lowest BCUT2D eigenvalue weighted by molar-refractivity contribution is -0.128. The molecule has 6 nitrogen and oxygen atoms in total. The Balaban J connectivity index is 0.000000357. The number of anilines is 1. The largest absolute Gasteiger partial charge is 0.479 e. The van der Waals surface area contributed by atoms with Gasteiger partial charge in [-0.15, -0.1) is 0 Å². The Morgan fingerprint density at radius 1 is 1.13 bits per heavy atom. The van der Waals surface area contributed by atoms with Gasteiger partial charge in [-0.05, 0) is 31.4 Å². The molecule has 1 aliphatic rings. The van der Waals surface area contributed by atoms with Gasteiger partial charge in [-0.1, -0.05) is 18.9 Å². The SMILES string of the molecule is Cc1ccc(N)nc1.O=C(CNC(=O)C1CCCC1)COc1c(F)c(F)cc(F)c1F. The van der Waals surface area contributed by atoms with Crippen molar-refractivity contribution in [3.63, 3.8) is 0 Å². The fraction of sp³-hybridized carbons (Fsp3) is 0.381. The van der Waals surface area contributed by atoms with Crippen molar-refractivity contribution in [1.82, 2.24) is 10.3 Å². The third kappa shape index (κ3) is 7.23. The van der Waals surface area contributed by atoms with Crippen molar-refractivity contribution >= 4 is 17.5 Å². The molecule has 1 saturated carbocycles. The van der Waals surface area contributed by atoms with E-state index >= 15 is 0 Å². The first-order chi connectivity index (χ1) is 14.7. The van der Waals surface area contributed by atoms with Gasteiger partial charge >= 0.3 is 0 Å². The highest BCUT2D eigenvalue weighted by atomic mass is 19.2. The van der Waals surface area contributed by atoms with Crippen LogP contribution in [0.4, 0.5) is 23.4 Å². The molecule has 3 rings (SSSR count). The van der Waals surface area contributed by atoms with Gasteiger partial charge in [-0.3, -0.25) is 9.59 Å². The van der Waals surface area contributed by atoms with Gasteiger partial charge in [0, 0.05) is 18.2 Å². The van der Waals surface area contributed by atoms with Gasteiger partial charge in [0.15, 0.2) is 23.2 Å². The Morgan fingerprint density at radius 2 is 1.74 bits per heavy atom. The Labute approximate surface area is 176 Å². The van der Waals surface area contributed by atoms with Crippen LogP contribution in [0, 0.1) is 36.1 Å². The van der Waals surface area contributed by atoms with Crippen LogP contribution < -0.4 is 15.8 Å². The summed E-state index contributed by atoms with van der Waals surface area (Å²) in [5.74, 6) is -8.46. The number of aryl methyl sites for hydroxylation is 1. The minimum atomic E-state index is -1.72. The molecule has 1 heterocycles. The normalized spacial score (nSPS) is 13.3. The second-order valence-electron chi connectivity index (χ2n) is 7.08. The first kappa shape index (κ1) is 24.1. The van der Waals surface area contributed by atoms with Crippen molar-refractivity contribution in [3.05, 3.63) is 53.2 Å². The van der Waals surface area contributed by atoms with E-state index in [1.165, 1.54) is 0 Å². The number of hydrogen-bond acceptors (Lipinski definition) is 5. The Hall–Kier alpha value is -3.17. The lowest BCUT2D eigenvalue weighted by Crippen LogP contribution is -2.35. The molecule has 1 aromatic carbocycles. The zero-order valence-electron chi connectivity index (χ0n) is 16.9. The molecule has 10 heteroatoms. The van der Waals surface area contributed by atoms with Gasteiger partial charge in [-0.25, -0.2) is 13.8 Å². The molecule has 1 aliphatic carbocycles. The predicted octanol–water partition coefficient (Wildman–Crippen LogP) is 3.47. The second-order valence-corrected chi connectivity index (χ2v) is 7.08. The van der Waals surface area contributed by atoms with E-state index in [-0.39, 0.29) is 24.4 Å². The summed E-state index contributed by atoms with van der Waals surface area (Å²) >= 11 is 0. The fourth-order valence-electron chi connectivity index (χ4n) is 2.88. The van der Waals surface area contributed by atoms with Crippen LogP contribution in [0.3, 0.4) is 0 Å². The topological polar surface area (TPSA) is 94.3 Å². The van der Waals surface area contributed by atoms with Crippen molar-refractivity contribution in [2.75, 3.05) is 18.9 Å². The number of carbonyl (C=O) groups excluding carboxylic acids is 2. The Morgan fingerprint density at radius 3 is 2.26 bits per heavy atom. The van der Waals surface area contributed by atoms with Gasteiger partial charge in [-0.2, -0.15) is 8.78 Å². The molecular formula is C21H23F4N3O3. The Kier molecular flexibility index (Phi) is 8.77. The van der Waals surface area contributed by atoms with Crippen molar-refractivity contribution in [2.45, 2.75) is 32.6 Å². The summed E-state index contributed by atoms with van der Waals surface area (Å²) in [6.45, 7) is 0.782. The number of benzene rings is 1. The lowest BCUT2D eigenvalue weighted by Gasteiger charge is -2.11. The van der Waals surface area contributed by atoms with E-state index in [0.29, 0.717) is 5.82 Å². The number of nitrogen functional groups attached to an aromatic ring is 1. The molecule has 0 atom stereocenters. The van der Waals surface area contributed by atoms with Crippen LogP contribution >= 0.6 is 0 Å². The molecule has 0 aliphatic heterocycles. The minimum Gasteiger partial charge on any atom is -0.479 e. The summed E-state index contributed by atoms with van der Waals surface area (Å²) in [7, 11) is 0. The number of amides is 1. The molecule has 2 aromatic rings. The summed E-state index contributed by atoms with van der Waals surface area (Å²) < 4.78 is 57.1. The van der Waals surface area contributed by atoms with Gasteiger partial charge in [0.1, 0.15) is 12.4 Å². The van der Waals surface area contributed by atoms with E-state index in [2.05, 4.69) is 15.0 Å². The standard InChI is InChI=1S/C15H15F4NO3.C6H8N2/c16-10-5-11(17)13(19)14(12(10)18)23-7-9(21)6-20-15(22)8-3-1-2-4-8;1-5-2-3-6(7)8-4-5/h5,8H,1-4,6-7H2,(H,20,22);2-4H,1H3,(H2,7,8). The van der Waals surface area contributed by atoms with Gasteiger partial charge in [0.05, 0.1) is 6.54 Å². The quantitative estimate of drug-likeness (QED) is 0.529. The average Bonchev–Trinajstić information content (AvgIpc) is 3.28. The van der Waals surface area contributed by atoms with E-state index in [0.717, 1.165) is 31.2 Å². The van der Waals surface area contributed by atoms with Crippen LogP contribution in [-0.4, -0.2) is 29.8 Å². The number of ether oxygens (including phenoxy) is 1.